The third-order valence-electron chi connectivity index (χ3n) is 4.76. The van der Waals surface area contributed by atoms with Gasteiger partial charge in [0.1, 0.15) is 0 Å². The van der Waals surface area contributed by atoms with Gasteiger partial charge in [-0.15, -0.1) is 24.0 Å². The van der Waals surface area contributed by atoms with E-state index in [-0.39, 0.29) is 36.0 Å². The predicted octanol–water partition coefficient (Wildman–Crippen LogP) is 3.73. The second kappa shape index (κ2) is 12.8. The molecule has 30 heavy (non-hydrogen) atoms. The third-order valence-corrected chi connectivity index (χ3v) is 5.01. The number of ether oxygens (including phenoxy) is 1. The Kier molecular flexibility index (Phi) is 10.4. The summed E-state index contributed by atoms with van der Waals surface area (Å²) in [5, 5.41) is 10.2. The minimum absolute atomic E-state index is 0. The second-order valence-corrected chi connectivity index (χ2v) is 7.39. The number of amides is 1. The highest BCUT2D eigenvalue weighted by Crippen LogP contribution is 2.12. The average Bonchev–Trinajstić information content (AvgIpc) is 3.27. The maximum Gasteiger partial charge on any atom is 0.251 e. The molecule has 1 saturated heterocycles. The van der Waals surface area contributed by atoms with Crippen LogP contribution >= 0.6 is 35.6 Å². The molecule has 1 unspecified atom stereocenters. The molecule has 2 aromatic carbocycles. The lowest BCUT2D eigenvalue weighted by Crippen LogP contribution is -2.36. The van der Waals surface area contributed by atoms with Gasteiger partial charge in [0, 0.05) is 43.9 Å². The number of carbonyl (C=O) groups is 1. The number of nitrogens with one attached hydrogen (secondary N) is 3. The van der Waals surface area contributed by atoms with Crippen LogP contribution in [-0.4, -0.2) is 38.2 Å². The van der Waals surface area contributed by atoms with Crippen LogP contribution in [0.1, 0.15) is 34.3 Å². The second-order valence-electron chi connectivity index (χ2n) is 6.95. The van der Waals surface area contributed by atoms with Crippen molar-refractivity contribution < 1.29 is 9.53 Å². The van der Waals surface area contributed by atoms with E-state index in [9.17, 15) is 4.79 Å². The van der Waals surface area contributed by atoms with Crippen molar-refractivity contribution >= 4 is 47.4 Å². The van der Waals surface area contributed by atoms with E-state index in [0.717, 1.165) is 35.6 Å². The summed E-state index contributed by atoms with van der Waals surface area (Å²) in [6, 6.07) is 15.3. The fourth-order valence-corrected chi connectivity index (χ4v) is 3.26. The highest BCUT2D eigenvalue weighted by Gasteiger charge is 2.16. The van der Waals surface area contributed by atoms with E-state index in [0.29, 0.717) is 31.2 Å². The third kappa shape index (κ3) is 7.77. The van der Waals surface area contributed by atoms with E-state index in [2.05, 4.69) is 20.9 Å². The number of hydrogen-bond donors (Lipinski definition) is 3. The van der Waals surface area contributed by atoms with E-state index >= 15 is 0 Å². The Hall–Kier alpha value is -1.84. The molecule has 1 amide bonds. The van der Waals surface area contributed by atoms with Crippen molar-refractivity contribution in [3.8, 4) is 0 Å². The van der Waals surface area contributed by atoms with Crippen molar-refractivity contribution in [1.29, 1.82) is 0 Å². The van der Waals surface area contributed by atoms with Gasteiger partial charge >= 0.3 is 0 Å². The number of aliphatic imine (C=N–C) groups is 1. The molecular weight excluding hydrogens is 515 g/mol. The highest BCUT2D eigenvalue weighted by molar-refractivity contribution is 14.0. The normalized spacial score (nSPS) is 15.9. The molecule has 3 rings (SSSR count). The minimum Gasteiger partial charge on any atom is -0.376 e. The first-order valence-electron chi connectivity index (χ1n) is 9.82. The molecule has 0 saturated carbocycles. The Labute approximate surface area is 199 Å². The van der Waals surface area contributed by atoms with Crippen LogP contribution in [0.25, 0.3) is 0 Å². The van der Waals surface area contributed by atoms with Crippen molar-refractivity contribution in [1.82, 2.24) is 16.0 Å². The van der Waals surface area contributed by atoms with Crippen LogP contribution < -0.4 is 16.0 Å². The molecule has 1 heterocycles. The quantitative estimate of drug-likeness (QED) is 0.283. The lowest BCUT2D eigenvalue weighted by Gasteiger charge is -2.13. The summed E-state index contributed by atoms with van der Waals surface area (Å²) in [6.07, 6.45) is 2.21. The van der Waals surface area contributed by atoms with Gasteiger partial charge in [0.25, 0.3) is 5.91 Å². The molecule has 0 radical (unpaired) electrons. The van der Waals surface area contributed by atoms with E-state index < -0.39 is 0 Å². The number of benzene rings is 2. The summed E-state index contributed by atoms with van der Waals surface area (Å²) < 4.78 is 5.55. The molecular formula is C22H28ClIN4O2. The Morgan fingerprint density at radius 2 is 1.83 bits per heavy atom. The van der Waals surface area contributed by atoms with Gasteiger partial charge in [-0.05, 0) is 48.2 Å². The molecule has 8 heteroatoms. The number of hydrogen-bond acceptors (Lipinski definition) is 3. The first kappa shape index (κ1) is 24.4. The zero-order valence-electron chi connectivity index (χ0n) is 17.0. The van der Waals surface area contributed by atoms with Gasteiger partial charge in [-0.3, -0.25) is 9.79 Å². The summed E-state index contributed by atoms with van der Waals surface area (Å²) in [7, 11) is 1.73. The molecule has 0 spiro atoms. The molecule has 1 aliphatic rings. The van der Waals surface area contributed by atoms with Gasteiger partial charge in [-0.25, -0.2) is 0 Å². The Morgan fingerprint density at radius 3 is 2.50 bits per heavy atom. The van der Waals surface area contributed by atoms with Crippen LogP contribution in [0.2, 0.25) is 5.02 Å². The summed E-state index contributed by atoms with van der Waals surface area (Å²) >= 11 is 5.92. The van der Waals surface area contributed by atoms with Gasteiger partial charge in [0.05, 0.1) is 6.10 Å². The van der Waals surface area contributed by atoms with E-state index in [1.54, 1.807) is 7.05 Å². The fraction of sp³-hybridized carbons (Fsp3) is 0.364. The molecule has 0 aromatic heterocycles. The molecule has 162 valence electrons. The summed E-state index contributed by atoms with van der Waals surface area (Å²) in [5.74, 6) is 0.612. The van der Waals surface area contributed by atoms with E-state index in [4.69, 9.17) is 16.3 Å². The largest absolute Gasteiger partial charge is 0.376 e. The number of guanidine groups is 1. The van der Waals surface area contributed by atoms with Crippen LogP contribution in [0, 0.1) is 0 Å². The number of rotatable bonds is 7. The average molecular weight is 543 g/mol. The molecule has 3 N–H and O–H groups in total. The molecule has 1 atom stereocenters. The van der Waals surface area contributed by atoms with Gasteiger partial charge in [0.2, 0.25) is 0 Å². The lowest BCUT2D eigenvalue weighted by molar-refractivity contribution is 0.0857. The minimum atomic E-state index is -0.0763. The summed E-state index contributed by atoms with van der Waals surface area (Å²) in [6.45, 7) is 2.55. The SMILES string of the molecule is CN=C(NCc1ccc(Cl)cc1)NCc1cccc(C(=O)NCC2CCCO2)c1.I. The van der Waals surface area contributed by atoms with E-state index in [1.807, 2.05) is 48.5 Å². The standard InChI is InChI=1S/C22H27ClN4O2.HI/c1-24-22(26-13-16-7-9-19(23)10-8-16)27-14-17-4-2-5-18(12-17)21(28)25-15-20-6-3-11-29-20;/h2,4-5,7-10,12,20H,3,6,11,13-15H2,1H3,(H,25,28)(H2,24,26,27);1H. The highest BCUT2D eigenvalue weighted by atomic mass is 127. The zero-order chi connectivity index (χ0) is 20.5. The van der Waals surface area contributed by atoms with Gasteiger partial charge in [-0.1, -0.05) is 35.9 Å². The summed E-state index contributed by atoms with van der Waals surface area (Å²) in [4.78, 5) is 16.6. The van der Waals surface area contributed by atoms with Gasteiger partial charge in [0.15, 0.2) is 5.96 Å². The van der Waals surface area contributed by atoms with Gasteiger partial charge in [-0.2, -0.15) is 0 Å². The lowest BCUT2D eigenvalue weighted by atomic mass is 10.1. The number of halogens is 2. The monoisotopic (exact) mass is 542 g/mol. The van der Waals surface area contributed by atoms with Crippen molar-refractivity contribution in [3.63, 3.8) is 0 Å². The zero-order valence-corrected chi connectivity index (χ0v) is 20.1. The molecule has 6 nitrogen and oxygen atoms in total. The molecule has 0 bridgehead atoms. The molecule has 1 aliphatic heterocycles. The van der Waals surface area contributed by atoms with Crippen LogP contribution in [-0.2, 0) is 17.8 Å². The Bertz CT molecular complexity index is 839. The Morgan fingerprint density at radius 1 is 1.10 bits per heavy atom. The smallest absolute Gasteiger partial charge is 0.251 e. The molecule has 2 aromatic rings. The predicted molar refractivity (Wildman–Crippen MR) is 132 cm³/mol. The fourth-order valence-electron chi connectivity index (χ4n) is 3.13. The van der Waals surface area contributed by atoms with Crippen LogP contribution in [0.4, 0.5) is 0 Å². The first-order valence-corrected chi connectivity index (χ1v) is 10.2. The van der Waals surface area contributed by atoms with Crippen molar-refractivity contribution in [2.75, 3.05) is 20.2 Å². The molecule has 1 fully saturated rings. The van der Waals surface area contributed by atoms with Crippen molar-refractivity contribution in [3.05, 3.63) is 70.2 Å². The van der Waals surface area contributed by atoms with Crippen molar-refractivity contribution in [2.45, 2.75) is 32.0 Å². The maximum atomic E-state index is 12.4. The van der Waals surface area contributed by atoms with Crippen LogP contribution in [0.3, 0.4) is 0 Å². The summed E-state index contributed by atoms with van der Waals surface area (Å²) in [5.41, 5.74) is 2.76. The number of nitrogens with zero attached hydrogens (tertiary/aromatic N) is 1. The topological polar surface area (TPSA) is 74.8 Å². The maximum absolute atomic E-state index is 12.4. The number of carbonyl (C=O) groups excluding carboxylic acids is 1. The van der Waals surface area contributed by atoms with Crippen LogP contribution in [0.5, 0.6) is 0 Å². The first-order chi connectivity index (χ1) is 14.1. The van der Waals surface area contributed by atoms with E-state index in [1.165, 1.54) is 0 Å². The molecule has 0 aliphatic carbocycles. The Balaban J connectivity index is 0.00000320. The van der Waals surface area contributed by atoms with Crippen LogP contribution in [0.15, 0.2) is 53.5 Å². The van der Waals surface area contributed by atoms with Crippen molar-refractivity contribution in [2.24, 2.45) is 4.99 Å². The van der Waals surface area contributed by atoms with Gasteiger partial charge < -0.3 is 20.7 Å².